The van der Waals surface area contributed by atoms with Gasteiger partial charge in [-0.15, -0.1) is 0 Å². The lowest BCUT2D eigenvalue weighted by atomic mass is 9.96. The number of para-hydroxylation sites is 1. The first-order valence-corrected chi connectivity index (χ1v) is 8.17. The highest BCUT2D eigenvalue weighted by molar-refractivity contribution is 5.86. The SMILES string of the molecule is Cn1c2c(c3ccccc31)CCN(C(=O)C1CCOCC1)C2. The van der Waals surface area contributed by atoms with E-state index >= 15 is 0 Å². The Bertz CT molecular complexity index is 713. The molecule has 4 nitrogen and oxygen atoms in total. The van der Waals surface area contributed by atoms with E-state index in [-0.39, 0.29) is 5.92 Å². The molecule has 3 heterocycles. The van der Waals surface area contributed by atoms with Crippen LogP contribution in [0.4, 0.5) is 0 Å². The summed E-state index contributed by atoms with van der Waals surface area (Å²) in [6.07, 6.45) is 2.71. The average Bonchev–Trinajstić information content (AvgIpc) is 2.88. The van der Waals surface area contributed by atoms with E-state index in [1.807, 2.05) is 0 Å². The summed E-state index contributed by atoms with van der Waals surface area (Å²) in [7, 11) is 2.11. The Labute approximate surface area is 130 Å². The molecule has 4 heteroatoms. The molecule has 0 aliphatic carbocycles. The number of benzene rings is 1. The maximum Gasteiger partial charge on any atom is 0.226 e. The van der Waals surface area contributed by atoms with Crippen molar-refractivity contribution in [2.75, 3.05) is 19.8 Å². The Balaban J connectivity index is 1.62. The third-order valence-electron chi connectivity index (χ3n) is 5.20. The minimum absolute atomic E-state index is 0.157. The van der Waals surface area contributed by atoms with Crippen LogP contribution in [-0.2, 0) is 29.5 Å². The first-order chi connectivity index (χ1) is 10.8. The van der Waals surface area contributed by atoms with Gasteiger partial charge in [-0.2, -0.15) is 0 Å². The molecule has 1 saturated heterocycles. The number of carbonyl (C=O) groups excluding carboxylic acids is 1. The van der Waals surface area contributed by atoms with Gasteiger partial charge in [0.15, 0.2) is 0 Å². The lowest BCUT2D eigenvalue weighted by molar-refractivity contribution is -0.139. The van der Waals surface area contributed by atoms with E-state index in [0.717, 1.165) is 45.6 Å². The van der Waals surface area contributed by atoms with Gasteiger partial charge in [0, 0.05) is 49.3 Å². The molecule has 116 valence electrons. The van der Waals surface area contributed by atoms with E-state index in [2.05, 4.69) is 40.8 Å². The topological polar surface area (TPSA) is 34.5 Å². The van der Waals surface area contributed by atoms with Crippen molar-refractivity contribution in [2.24, 2.45) is 13.0 Å². The molecule has 0 spiro atoms. The first kappa shape index (κ1) is 13.8. The Morgan fingerprint density at radius 3 is 2.82 bits per heavy atom. The van der Waals surface area contributed by atoms with Crippen LogP contribution >= 0.6 is 0 Å². The zero-order valence-corrected chi connectivity index (χ0v) is 13.0. The molecule has 4 rings (SSSR count). The van der Waals surface area contributed by atoms with Gasteiger partial charge in [-0.25, -0.2) is 0 Å². The predicted octanol–water partition coefficient (Wildman–Crippen LogP) is 2.49. The molecule has 1 aromatic heterocycles. The Kier molecular flexibility index (Phi) is 3.41. The van der Waals surface area contributed by atoms with Crippen LogP contribution in [0.2, 0.25) is 0 Å². The standard InChI is InChI=1S/C18H22N2O2/c1-19-16-5-3-2-4-14(16)15-6-9-20(12-17(15)19)18(21)13-7-10-22-11-8-13/h2-5,13H,6-12H2,1H3. The summed E-state index contributed by atoms with van der Waals surface area (Å²) in [5.74, 6) is 0.476. The summed E-state index contributed by atoms with van der Waals surface area (Å²) < 4.78 is 7.64. The lowest BCUT2D eigenvalue weighted by Crippen LogP contribution is -2.41. The number of rotatable bonds is 1. The lowest BCUT2D eigenvalue weighted by Gasteiger charge is -2.32. The number of aryl methyl sites for hydroxylation is 1. The van der Waals surface area contributed by atoms with Gasteiger partial charge < -0.3 is 14.2 Å². The van der Waals surface area contributed by atoms with Crippen LogP contribution in [0.15, 0.2) is 24.3 Å². The summed E-state index contributed by atoms with van der Waals surface area (Å²) in [4.78, 5) is 14.8. The molecule has 1 aromatic carbocycles. The molecule has 0 atom stereocenters. The number of carbonyl (C=O) groups is 1. The molecule has 22 heavy (non-hydrogen) atoms. The third kappa shape index (κ3) is 2.13. The number of ether oxygens (including phenoxy) is 1. The van der Waals surface area contributed by atoms with Crippen LogP contribution < -0.4 is 0 Å². The fourth-order valence-corrected chi connectivity index (χ4v) is 3.90. The molecule has 0 N–H and O–H groups in total. The molecular formula is C18H22N2O2. The molecule has 2 aromatic rings. The van der Waals surface area contributed by atoms with Crippen molar-refractivity contribution >= 4 is 16.8 Å². The number of aromatic nitrogens is 1. The Morgan fingerprint density at radius 2 is 2.00 bits per heavy atom. The van der Waals surface area contributed by atoms with Gasteiger partial charge in [-0.3, -0.25) is 4.79 Å². The van der Waals surface area contributed by atoms with Crippen LogP contribution in [0.1, 0.15) is 24.1 Å². The maximum atomic E-state index is 12.8. The van der Waals surface area contributed by atoms with Gasteiger partial charge in [0.05, 0.1) is 6.54 Å². The van der Waals surface area contributed by atoms with Gasteiger partial charge >= 0.3 is 0 Å². The maximum absolute atomic E-state index is 12.8. The van der Waals surface area contributed by atoms with E-state index in [4.69, 9.17) is 4.74 Å². The smallest absolute Gasteiger partial charge is 0.226 e. The van der Waals surface area contributed by atoms with Crippen LogP contribution in [-0.4, -0.2) is 35.1 Å². The number of hydrogen-bond acceptors (Lipinski definition) is 2. The summed E-state index contributed by atoms with van der Waals surface area (Å²) in [6, 6.07) is 8.54. The van der Waals surface area contributed by atoms with E-state index in [9.17, 15) is 4.79 Å². The molecule has 0 bridgehead atoms. The molecule has 0 saturated carbocycles. The minimum atomic E-state index is 0.157. The number of nitrogens with zero attached hydrogens (tertiary/aromatic N) is 2. The molecule has 2 aliphatic rings. The first-order valence-electron chi connectivity index (χ1n) is 8.17. The fourth-order valence-electron chi connectivity index (χ4n) is 3.90. The van der Waals surface area contributed by atoms with Crippen molar-refractivity contribution in [3.63, 3.8) is 0 Å². The van der Waals surface area contributed by atoms with Crippen molar-refractivity contribution in [1.82, 2.24) is 9.47 Å². The second-order valence-electron chi connectivity index (χ2n) is 6.40. The molecule has 1 fully saturated rings. The van der Waals surface area contributed by atoms with Crippen LogP contribution in [0.5, 0.6) is 0 Å². The predicted molar refractivity (Wildman–Crippen MR) is 85.6 cm³/mol. The molecule has 0 unspecified atom stereocenters. The zero-order valence-electron chi connectivity index (χ0n) is 13.0. The average molecular weight is 298 g/mol. The number of hydrogen-bond donors (Lipinski definition) is 0. The molecule has 0 radical (unpaired) electrons. The zero-order chi connectivity index (χ0) is 15.1. The summed E-state index contributed by atoms with van der Waals surface area (Å²) >= 11 is 0. The summed E-state index contributed by atoms with van der Waals surface area (Å²) in [5.41, 5.74) is 4.00. The van der Waals surface area contributed by atoms with Crippen molar-refractivity contribution in [1.29, 1.82) is 0 Å². The van der Waals surface area contributed by atoms with E-state index < -0.39 is 0 Å². The van der Waals surface area contributed by atoms with E-state index in [1.54, 1.807) is 0 Å². The fraction of sp³-hybridized carbons (Fsp3) is 0.500. The Hall–Kier alpha value is -1.81. The van der Waals surface area contributed by atoms with Crippen LogP contribution in [0, 0.1) is 5.92 Å². The second kappa shape index (κ2) is 5.43. The highest BCUT2D eigenvalue weighted by Gasteiger charge is 2.30. The third-order valence-corrected chi connectivity index (χ3v) is 5.20. The highest BCUT2D eigenvalue weighted by atomic mass is 16.5. The van der Waals surface area contributed by atoms with Crippen molar-refractivity contribution in [2.45, 2.75) is 25.8 Å². The van der Waals surface area contributed by atoms with Crippen LogP contribution in [0.25, 0.3) is 10.9 Å². The number of fused-ring (bicyclic) bond motifs is 3. The van der Waals surface area contributed by atoms with Crippen molar-refractivity contribution in [3.8, 4) is 0 Å². The Morgan fingerprint density at radius 1 is 1.23 bits per heavy atom. The van der Waals surface area contributed by atoms with Gasteiger partial charge in [-0.05, 0) is 30.9 Å². The molecular weight excluding hydrogens is 276 g/mol. The minimum Gasteiger partial charge on any atom is -0.381 e. The normalized spacial score (nSPS) is 19.4. The van der Waals surface area contributed by atoms with Crippen molar-refractivity contribution in [3.05, 3.63) is 35.5 Å². The summed E-state index contributed by atoms with van der Waals surface area (Å²) in [6.45, 7) is 3.04. The molecule has 2 aliphatic heterocycles. The largest absolute Gasteiger partial charge is 0.381 e. The monoisotopic (exact) mass is 298 g/mol. The van der Waals surface area contributed by atoms with Crippen molar-refractivity contribution < 1.29 is 9.53 Å². The van der Waals surface area contributed by atoms with Gasteiger partial charge in [0.1, 0.15) is 0 Å². The second-order valence-corrected chi connectivity index (χ2v) is 6.40. The summed E-state index contributed by atoms with van der Waals surface area (Å²) in [5, 5.41) is 1.35. The van der Waals surface area contributed by atoms with E-state index in [1.165, 1.54) is 22.2 Å². The highest BCUT2D eigenvalue weighted by Crippen LogP contribution is 2.31. The van der Waals surface area contributed by atoms with E-state index in [0.29, 0.717) is 5.91 Å². The quantitative estimate of drug-likeness (QED) is 0.810. The van der Waals surface area contributed by atoms with Gasteiger partial charge in [0.25, 0.3) is 0 Å². The number of amides is 1. The van der Waals surface area contributed by atoms with Gasteiger partial charge in [-0.1, -0.05) is 18.2 Å². The molecule has 1 amide bonds. The van der Waals surface area contributed by atoms with Crippen LogP contribution in [0.3, 0.4) is 0 Å². The van der Waals surface area contributed by atoms with Gasteiger partial charge in [0.2, 0.25) is 5.91 Å².